The number of hydrogen-bond donors (Lipinski definition) is 0. The molecule has 0 fully saturated rings. The number of fused-ring (bicyclic) bond motifs is 12. The van der Waals surface area contributed by atoms with Gasteiger partial charge in [0, 0.05) is 58.7 Å². The molecule has 0 amide bonds. The molecule has 0 N–H and O–H groups in total. The summed E-state index contributed by atoms with van der Waals surface area (Å²) in [6, 6.07) is 66.2. The molecule has 0 aliphatic carbocycles. The first kappa shape index (κ1) is 31.5. The highest BCUT2D eigenvalue weighted by Crippen LogP contribution is 2.47. The van der Waals surface area contributed by atoms with Crippen molar-refractivity contribution in [3.05, 3.63) is 182 Å². The van der Waals surface area contributed by atoms with Gasteiger partial charge in [-0.05, 0) is 58.3 Å². The summed E-state index contributed by atoms with van der Waals surface area (Å²) in [5, 5.41) is 13.3. The lowest BCUT2D eigenvalue weighted by atomic mass is 9.98. The van der Waals surface area contributed by atoms with Gasteiger partial charge in [-0.2, -0.15) is 0 Å². The standard InChI is InChI=1S/C54H30N4S/c1-2-12-31(13-3-1)33-15-8-16-34(30-33)49-42-27-26-32-14-4-5-17-35(32)50(42)56-54(55-49)57-43-22-10-19-37-38-20-9-21-39-40-28-29-41-36-18-6-7-25-46(36)59-53(41)52(40)58(51(38)39)45-24-11-23-44(57)48(45)47(37)43/h1-30H. The molecule has 0 aliphatic rings. The highest BCUT2D eigenvalue weighted by atomic mass is 32.1. The first-order chi connectivity index (χ1) is 29.3. The fourth-order valence-corrected chi connectivity index (χ4v) is 11.4. The molecule has 0 aliphatic heterocycles. The lowest BCUT2D eigenvalue weighted by Gasteiger charge is -2.14. The van der Waals surface area contributed by atoms with Crippen LogP contribution in [-0.4, -0.2) is 18.9 Å². The van der Waals surface area contributed by atoms with E-state index in [-0.39, 0.29) is 0 Å². The summed E-state index contributed by atoms with van der Waals surface area (Å²) in [6.45, 7) is 0. The monoisotopic (exact) mass is 766 g/mol. The summed E-state index contributed by atoms with van der Waals surface area (Å²) in [5.74, 6) is 0.659. The fraction of sp³-hybridized carbons (Fsp3) is 0. The maximum Gasteiger partial charge on any atom is 0.235 e. The van der Waals surface area contributed by atoms with Crippen molar-refractivity contribution >= 4 is 113 Å². The van der Waals surface area contributed by atoms with Gasteiger partial charge >= 0.3 is 0 Å². The Morgan fingerprint density at radius 2 is 1.02 bits per heavy atom. The van der Waals surface area contributed by atoms with Crippen molar-refractivity contribution in [1.82, 2.24) is 18.9 Å². The van der Waals surface area contributed by atoms with Gasteiger partial charge in [0.25, 0.3) is 0 Å². The van der Waals surface area contributed by atoms with Crippen LogP contribution in [0.5, 0.6) is 0 Å². The molecule has 14 rings (SSSR count). The van der Waals surface area contributed by atoms with Crippen LogP contribution in [-0.2, 0) is 0 Å². The number of thiophene rings is 1. The van der Waals surface area contributed by atoms with Crippen LogP contribution in [0.2, 0.25) is 0 Å². The van der Waals surface area contributed by atoms with Gasteiger partial charge in [-0.3, -0.25) is 4.57 Å². The average molecular weight is 767 g/mol. The van der Waals surface area contributed by atoms with Gasteiger partial charge in [0.05, 0.1) is 43.5 Å². The third kappa shape index (κ3) is 4.16. The van der Waals surface area contributed by atoms with Crippen LogP contribution in [0.25, 0.3) is 130 Å². The van der Waals surface area contributed by atoms with E-state index in [0.717, 1.165) is 49.5 Å². The third-order valence-corrected chi connectivity index (χ3v) is 13.8. The van der Waals surface area contributed by atoms with Crippen molar-refractivity contribution < 1.29 is 0 Å². The summed E-state index contributed by atoms with van der Waals surface area (Å²) in [5.41, 5.74) is 11.1. The van der Waals surface area contributed by atoms with Crippen LogP contribution in [0.3, 0.4) is 0 Å². The predicted molar refractivity (Wildman–Crippen MR) is 250 cm³/mol. The van der Waals surface area contributed by atoms with Crippen LogP contribution < -0.4 is 0 Å². The summed E-state index contributed by atoms with van der Waals surface area (Å²) < 4.78 is 7.51. The minimum Gasteiger partial charge on any atom is -0.306 e. The number of aromatic nitrogens is 4. The quantitative estimate of drug-likeness (QED) is 0.168. The molecule has 5 aromatic heterocycles. The van der Waals surface area contributed by atoms with Gasteiger partial charge in [-0.15, -0.1) is 11.3 Å². The van der Waals surface area contributed by atoms with Crippen molar-refractivity contribution in [1.29, 1.82) is 0 Å². The largest absolute Gasteiger partial charge is 0.306 e. The Morgan fingerprint density at radius 1 is 0.390 bits per heavy atom. The van der Waals surface area contributed by atoms with Gasteiger partial charge < -0.3 is 4.40 Å². The molecule has 0 unspecified atom stereocenters. The van der Waals surface area contributed by atoms with Gasteiger partial charge in [-0.25, -0.2) is 9.97 Å². The molecule has 9 aromatic carbocycles. The predicted octanol–water partition coefficient (Wildman–Crippen LogP) is 14.7. The van der Waals surface area contributed by atoms with Crippen molar-refractivity contribution in [2.75, 3.05) is 0 Å². The molecule has 0 saturated heterocycles. The number of benzene rings is 9. The molecule has 59 heavy (non-hydrogen) atoms. The minimum absolute atomic E-state index is 0.659. The molecule has 14 aromatic rings. The van der Waals surface area contributed by atoms with Crippen LogP contribution in [0.1, 0.15) is 0 Å². The lowest BCUT2D eigenvalue weighted by Crippen LogP contribution is -2.04. The molecule has 0 radical (unpaired) electrons. The highest BCUT2D eigenvalue weighted by molar-refractivity contribution is 7.26. The molecule has 0 spiro atoms. The highest BCUT2D eigenvalue weighted by Gasteiger charge is 2.25. The second-order valence-corrected chi connectivity index (χ2v) is 16.7. The smallest absolute Gasteiger partial charge is 0.235 e. The Bertz CT molecular complexity index is 4080. The maximum absolute atomic E-state index is 5.59. The second-order valence-electron chi connectivity index (χ2n) is 15.7. The summed E-state index contributed by atoms with van der Waals surface area (Å²) >= 11 is 1.90. The van der Waals surface area contributed by atoms with E-state index in [0.29, 0.717) is 5.95 Å². The topological polar surface area (TPSA) is 35.1 Å². The molecule has 5 heterocycles. The second kappa shape index (κ2) is 11.5. The summed E-state index contributed by atoms with van der Waals surface area (Å²) in [7, 11) is 0. The SMILES string of the molecule is c1ccc(-c2cccc(-c3nc(-n4c5cccc6c7cccc8c9ccc%10c%11ccccc%11sc%10c9n(c9cccc4c9c65)c78)nc4c3ccc3ccccc34)c2)cc1. The van der Waals surface area contributed by atoms with E-state index in [4.69, 9.17) is 9.97 Å². The van der Waals surface area contributed by atoms with Crippen molar-refractivity contribution in [3.8, 4) is 28.3 Å². The Kier molecular flexibility index (Phi) is 6.14. The number of hydrogen-bond acceptors (Lipinski definition) is 3. The zero-order chi connectivity index (χ0) is 38.3. The zero-order valence-corrected chi connectivity index (χ0v) is 32.3. The first-order valence-electron chi connectivity index (χ1n) is 20.1. The van der Waals surface area contributed by atoms with Crippen LogP contribution in [0, 0.1) is 0 Å². The molecule has 0 saturated carbocycles. The molecular formula is C54H30N4S. The Balaban J connectivity index is 1.15. The van der Waals surface area contributed by atoms with E-state index in [1.807, 2.05) is 11.3 Å². The van der Waals surface area contributed by atoms with E-state index in [9.17, 15) is 0 Å². The van der Waals surface area contributed by atoms with Gasteiger partial charge in [0.2, 0.25) is 5.95 Å². The van der Waals surface area contributed by atoms with Crippen LogP contribution in [0.4, 0.5) is 0 Å². The van der Waals surface area contributed by atoms with Crippen LogP contribution >= 0.6 is 11.3 Å². The van der Waals surface area contributed by atoms with E-state index >= 15 is 0 Å². The van der Waals surface area contributed by atoms with Crippen molar-refractivity contribution in [3.63, 3.8) is 0 Å². The molecule has 0 atom stereocenters. The van der Waals surface area contributed by atoms with Gasteiger partial charge in [0.1, 0.15) is 0 Å². The molecule has 0 bridgehead atoms. The van der Waals surface area contributed by atoms with E-state index in [1.165, 1.54) is 74.6 Å². The number of para-hydroxylation sites is 1. The average Bonchev–Trinajstić information content (AvgIpc) is 3.94. The Labute approximate surface area is 340 Å². The zero-order valence-electron chi connectivity index (χ0n) is 31.5. The van der Waals surface area contributed by atoms with E-state index in [1.54, 1.807) is 0 Å². The normalized spacial score (nSPS) is 12.4. The Morgan fingerprint density at radius 3 is 1.93 bits per heavy atom. The lowest BCUT2D eigenvalue weighted by molar-refractivity contribution is 1.02. The van der Waals surface area contributed by atoms with E-state index in [2.05, 4.69) is 191 Å². The number of nitrogens with zero attached hydrogens (tertiary/aromatic N) is 4. The van der Waals surface area contributed by atoms with Gasteiger partial charge in [0.15, 0.2) is 0 Å². The molecule has 272 valence electrons. The van der Waals surface area contributed by atoms with Gasteiger partial charge in [-0.1, -0.05) is 146 Å². The molecule has 5 heteroatoms. The van der Waals surface area contributed by atoms with Crippen molar-refractivity contribution in [2.45, 2.75) is 0 Å². The third-order valence-electron chi connectivity index (χ3n) is 12.6. The Hall–Kier alpha value is -7.60. The van der Waals surface area contributed by atoms with Crippen LogP contribution in [0.15, 0.2) is 182 Å². The molecule has 4 nitrogen and oxygen atoms in total. The minimum atomic E-state index is 0.659. The van der Waals surface area contributed by atoms with Crippen molar-refractivity contribution in [2.24, 2.45) is 0 Å². The summed E-state index contributed by atoms with van der Waals surface area (Å²) in [4.78, 5) is 11.1. The van der Waals surface area contributed by atoms with E-state index < -0.39 is 0 Å². The fourth-order valence-electron chi connectivity index (χ4n) is 10.2. The number of rotatable bonds is 3. The first-order valence-corrected chi connectivity index (χ1v) is 20.9. The maximum atomic E-state index is 5.59. The summed E-state index contributed by atoms with van der Waals surface area (Å²) in [6.07, 6.45) is 0. The molecular weight excluding hydrogens is 737 g/mol.